The number of thiazole rings is 1. The summed E-state index contributed by atoms with van der Waals surface area (Å²) in [6.07, 6.45) is 1.03. The van der Waals surface area contributed by atoms with Crippen molar-refractivity contribution >= 4 is 28.6 Å². The second kappa shape index (κ2) is 7.90. The molecule has 2 bridgehead atoms. The van der Waals surface area contributed by atoms with E-state index in [0.717, 1.165) is 36.5 Å². The first kappa shape index (κ1) is 19.9. The highest BCUT2D eigenvalue weighted by molar-refractivity contribution is 7.12. The second-order valence-electron chi connectivity index (χ2n) is 7.62. The van der Waals surface area contributed by atoms with Crippen LogP contribution in [0.15, 0.2) is 41.8 Å². The molecule has 2 aliphatic heterocycles. The summed E-state index contributed by atoms with van der Waals surface area (Å²) in [4.78, 5) is 19.4. The number of carbonyl (C=O) groups is 1. The van der Waals surface area contributed by atoms with Crippen LogP contribution in [0, 0.1) is 11.6 Å². The van der Waals surface area contributed by atoms with Gasteiger partial charge in [-0.3, -0.25) is 4.79 Å². The van der Waals surface area contributed by atoms with Gasteiger partial charge in [-0.05, 0) is 36.8 Å². The zero-order valence-corrected chi connectivity index (χ0v) is 17.5. The Hall–Kier alpha value is -3.04. The van der Waals surface area contributed by atoms with Crippen LogP contribution >= 0.6 is 11.3 Å². The Balaban J connectivity index is 1.42. The lowest BCUT2D eigenvalue weighted by Crippen LogP contribution is -2.44. The van der Waals surface area contributed by atoms with E-state index >= 15 is 0 Å². The third kappa shape index (κ3) is 3.64. The van der Waals surface area contributed by atoms with Crippen LogP contribution in [0.5, 0.6) is 5.75 Å². The normalized spacial score (nSPS) is 19.6. The van der Waals surface area contributed by atoms with E-state index in [4.69, 9.17) is 4.74 Å². The van der Waals surface area contributed by atoms with Gasteiger partial charge in [-0.15, -0.1) is 11.3 Å². The van der Waals surface area contributed by atoms with Crippen LogP contribution in [0.1, 0.15) is 16.2 Å². The van der Waals surface area contributed by atoms with E-state index in [-0.39, 0.29) is 10.6 Å². The van der Waals surface area contributed by atoms with Gasteiger partial charge >= 0.3 is 0 Å². The summed E-state index contributed by atoms with van der Waals surface area (Å²) in [7, 11) is 1.45. The molecule has 3 heterocycles. The molecule has 0 aliphatic carbocycles. The Labute approximate surface area is 181 Å². The van der Waals surface area contributed by atoms with Gasteiger partial charge in [0.2, 0.25) is 0 Å². The molecule has 5 rings (SSSR count). The van der Waals surface area contributed by atoms with Crippen molar-refractivity contribution in [1.29, 1.82) is 0 Å². The van der Waals surface area contributed by atoms with Gasteiger partial charge < -0.3 is 20.3 Å². The average molecular weight is 442 g/mol. The van der Waals surface area contributed by atoms with Crippen LogP contribution < -0.4 is 20.3 Å². The van der Waals surface area contributed by atoms with Crippen LogP contribution in [0.25, 0.3) is 11.3 Å². The molecule has 31 heavy (non-hydrogen) atoms. The fraction of sp³-hybridized carbons (Fsp3) is 0.273. The van der Waals surface area contributed by atoms with Crippen molar-refractivity contribution in [1.82, 2.24) is 10.3 Å². The summed E-state index contributed by atoms with van der Waals surface area (Å²) in [5, 5.41) is 7.98. The maximum atomic E-state index is 14.4. The number of hydrogen-bond donors (Lipinski definition) is 2. The summed E-state index contributed by atoms with van der Waals surface area (Å²) in [5.41, 5.74) is 1.70. The number of anilines is 2. The van der Waals surface area contributed by atoms with Gasteiger partial charge in [0.15, 0.2) is 5.01 Å². The summed E-state index contributed by atoms with van der Waals surface area (Å²) in [5.74, 6) is -1.05. The number of piperazine rings is 1. The van der Waals surface area contributed by atoms with E-state index in [0.29, 0.717) is 29.2 Å². The van der Waals surface area contributed by atoms with Crippen molar-refractivity contribution in [2.24, 2.45) is 0 Å². The summed E-state index contributed by atoms with van der Waals surface area (Å²) in [6.45, 7) is 1.68. The molecule has 2 N–H and O–H groups in total. The van der Waals surface area contributed by atoms with Gasteiger partial charge in [0.1, 0.15) is 17.4 Å². The SMILES string of the molecule is COc1cccc(F)c1-c1csc(C(=O)Nc2cc(F)ccc2N2C[C@@H]3C[C@H]2CN3)n1. The standard InChI is InChI=1S/C22H20F2N4O2S/c1-30-19-4-2-3-15(24)20(19)17-11-31-22(27-17)21(29)26-16-7-12(23)5-6-18(16)28-10-13-8-14(28)9-25-13/h2-7,11,13-14,25H,8-10H2,1H3,(H,26,29)/t13-,14-/m0/s1. The zero-order valence-electron chi connectivity index (χ0n) is 16.7. The predicted molar refractivity (Wildman–Crippen MR) is 116 cm³/mol. The molecule has 9 heteroatoms. The van der Waals surface area contributed by atoms with E-state index in [1.165, 1.54) is 25.3 Å². The minimum Gasteiger partial charge on any atom is -0.496 e. The number of methoxy groups -OCH3 is 1. The number of fused-ring (bicyclic) bond motifs is 2. The van der Waals surface area contributed by atoms with E-state index in [9.17, 15) is 13.6 Å². The minimum absolute atomic E-state index is 0.153. The van der Waals surface area contributed by atoms with Crippen molar-refractivity contribution in [2.45, 2.75) is 18.5 Å². The first-order chi connectivity index (χ1) is 15.0. The molecule has 2 aromatic carbocycles. The number of hydrogen-bond acceptors (Lipinski definition) is 6. The molecular weight excluding hydrogens is 422 g/mol. The topological polar surface area (TPSA) is 66.5 Å². The van der Waals surface area contributed by atoms with Gasteiger partial charge in [-0.1, -0.05) is 6.07 Å². The van der Waals surface area contributed by atoms with Gasteiger partial charge in [0, 0.05) is 30.6 Å². The molecule has 6 nitrogen and oxygen atoms in total. The molecule has 3 aromatic rings. The minimum atomic E-state index is -0.485. The molecule has 2 aliphatic rings. The Morgan fingerprint density at radius 2 is 2.19 bits per heavy atom. The van der Waals surface area contributed by atoms with Gasteiger partial charge in [-0.25, -0.2) is 13.8 Å². The summed E-state index contributed by atoms with van der Waals surface area (Å²) < 4.78 is 33.6. The highest BCUT2D eigenvalue weighted by atomic mass is 32.1. The van der Waals surface area contributed by atoms with E-state index in [1.54, 1.807) is 23.6 Å². The highest BCUT2D eigenvalue weighted by Crippen LogP contribution is 2.36. The maximum Gasteiger partial charge on any atom is 0.284 e. The van der Waals surface area contributed by atoms with Crippen LogP contribution in [-0.4, -0.2) is 43.2 Å². The predicted octanol–water partition coefficient (Wildman–Crippen LogP) is 3.90. The molecular formula is C22H20F2N4O2S. The lowest BCUT2D eigenvalue weighted by Gasteiger charge is -2.31. The third-order valence-electron chi connectivity index (χ3n) is 5.72. The van der Waals surface area contributed by atoms with E-state index < -0.39 is 17.5 Å². The molecule has 0 saturated carbocycles. The number of carbonyl (C=O) groups excluding carboxylic acids is 1. The summed E-state index contributed by atoms with van der Waals surface area (Å²) >= 11 is 1.09. The number of amides is 1. The number of nitrogens with one attached hydrogen (secondary N) is 2. The van der Waals surface area contributed by atoms with Crippen LogP contribution in [0.3, 0.4) is 0 Å². The van der Waals surface area contributed by atoms with Crippen molar-refractivity contribution in [3.05, 3.63) is 58.4 Å². The summed E-state index contributed by atoms with van der Waals surface area (Å²) in [6, 6.07) is 9.65. The van der Waals surface area contributed by atoms with Gasteiger partial charge in [0.25, 0.3) is 5.91 Å². The molecule has 0 spiro atoms. The molecule has 160 valence electrons. The van der Waals surface area contributed by atoms with Crippen molar-refractivity contribution in [2.75, 3.05) is 30.4 Å². The number of ether oxygens (including phenoxy) is 1. The number of rotatable bonds is 5. The second-order valence-corrected chi connectivity index (χ2v) is 8.48. The lowest BCUT2D eigenvalue weighted by atomic mass is 10.1. The molecule has 0 radical (unpaired) electrons. The molecule has 2 fully saturated rings. The monoisotopic (exact) mass is 442 g/mol. The van der Waals surface area contributed by atoms with Gasteiger partial charge in [0.05, 0.1) is 29.7 Å². The van der Waals surface area contributed by atoms with Crippen LogP contribution in [-0.2, 0) is 0 Å². The van der Waals surface area contributed by atoms with Crippen molar-refractivity contribution < 1.29 is 18.3 Å². The number of aromatic nitrogens is 1. The van der Waals surface area contributed by atoms with Gasteiger partial charge in [-0.2, -0.15) is 0 Å². The van der Waals surface area contributed by atoms with Crippen LogP contribution in [0.2, 0.25) is 0 Å². The Morgan fingerprint density at radius 1 is 1.32 bits per heavy atom. The fourth-order valence-electron chi connectivity index (χ4n) is 4.31. The Morgan fingerprint density at radius 3 is 2.94 bits per heavy atom. The Kier molecular flexibility index (Phi) is 5.07. The molecule has 2 saturated heterocycles. The van der Waals surface area contributed by atoms with E-state index in [1.807, 2.05) is 0 Å². The fourth-order valence-corrected chi connectivity index (χ4v) is 5.01. The molecule has 1 amide bonds. The third-order valence-corrected chi connectivity index (χ3v) is 6.56. The van der Waals surface area contributed by atoms with E-state index in [2.05, 4.69) is 20.5 Å². The largest absolute Gasteiger partial charge is 0.496 e. The molecule has 0 unspecified atom stereocenters. The number of halogens is 2. The van der Waals surface area contributed by atoms with Crippen molar-refractivity contribution in [3.8, 4) is 17.0 Å². The van der Waals surface area contributed by atoms with Crippen LogP contribution in [0.4, 0.5) is 20.2 Å². The first-order valence-electron chi connectivity index (χ1n) is 9.93. The first-order valence-corrected chi connectivity index (χ1v) is 10.8. The zero-order chi connectivity index (χ0) is 21.5. The quantitative estimate of drug-likeness (QED) is 0.628. The highest BCUT2D eigenvalue weighted by Gasteiger charge is 2.38. The molecule has 1 aromatic heterocycles. The number of benzene rings is 2. The lowest BCUT2D eigenvalue weighted by molar-refractivity contribution is 0.102. The maximum absolute atomic E-state index is 14.4. The molecule has 2 atom stereocenters. The number of nitrogens with zero attached hydrogens (tertiary/aromatic N) is 2. The Bertz CT molecular complexity index is 1150. The van der Waals surface area contributed by atoms with Crippen molar-refractivity contribution in [3.63, 3.8) is 0 Å². The smallest absolute Gasteiger partial charge is 0.284 e. The average Bonchev–Trinajstić information content (AvgIpc) is 3.51.